The molecule has 1 saturated carbocycles. The number of hydrogen-bond donors (Lipinski definition) is 2. The van der Waals surface area contributed by atoms with E-state index in [0.717, 1.165) is 23.9 Å². The Morgan fingerprint density at radius 1 is 1.19 bits per heavy atom. The number of aliphatic hydroxyl groups is 2. The van der Waals surface area contributed by atoms with E-state index in [2.05, 4.69) is 50.1 Å². The molecule has 5 heterocycles. The SMILES string of the molecule is CC[C@H]1[C@H]2C[C@@H]3[C@H]4N(C)c5ccccc5[C@]45C[C@@H]([C@@H]2[C@@H]5O)[N+]3(CC)[C@@H]1O. The van der Waals surface area contributed by atoms with Gasteiger partial charge in [-0.3, -0.25) is 4.48 Å². The zero-order chi connectivity index (χ0) is 18.0. The van der Waals surface area contributed by atoms with Gasteiger partial charge in [0, 0.05) is 37.4 Å². The van der Waals surface area contributed by atoms with Crippen molar-refractivity contribution in [1.29, 1.82) is 0 Å². The van der Waals surface area contributed by atoms with Crippen LogP contribution in [0.25, 0.3) is 0 Å². The lowest BCUT2D eigenvalue weighted by Crippen LogP contribution is -2.82. The standard InChI is InChI=1S/C22H31N2O2/c1-4-12-13-10-16-19-22(14-8-6-7-9-15(14)23(19)3)11-17(18(13)20(22)25)24(16,5-2)21(12)26/h6-9,12-13,16-21,25-26H,4-5,10-11H2,1-3H3/q+1/t12-,13+,16+,17-,18+,19+,20-,21+,22+,24?/m0/s1. The Hall–Kier alpha value is -1.10. The van der Waals surface area contributed by atoms with Crippen molar-refractivity contribution in [3.05, 3.63) is 29.8 Å². The summed E-state index contributed by atoms with van der Waals surface area (Å²) in [5.41, 5.74) is 2.55. The summed E-state index contributed by atoms with van der Waals surface area (Å²) in [6.45, 7) is 5.48. The lowest BCUT2D eigenvalue weighted by Gasteiger charge is -2.67. The lowest BCUT2D eigenvalue weighted by molar-refractivity contribution is -1.04. The summed E-state index contributed by atoms with van der Waals surface area (Å²) in [5, 5.41) is 23.4. The van der Waals surface area contributed by atoms with Crippen molar-refractivity contribution >= 4 is 5.69 Å². The van der Waals surface area contributed by atoms with E-state index >= 15 is 0 Å². The van der Waals surface area contributed by atoms with E-state index in [-0.39, 0.29) is 17.7 Å². The molecular formula is C22H31N2O2+. The maximum absolute atomic E-state index is 11.8. The fourth-order valence-corrected chi connectivity index (χ4v) is 9.03. The van der Waals surface area contributed by atoms with E-state index in [4.69, 9.17) is 0 Å². The van der Waals surface area contributed by atoms with Crippen LogP contribution in [0.5, 0.6) is 0 Å². The highest BCUT2D eigenvalue weighted by atomic mass is 16.3. The van der Waals surface area contributed by atoms with E-state index in [1.54, 1.807) is 0 Å². The van der Waals surface area contributed by atoms with Gasteiger partial charge in [0.05, 0.1) is 30.1 Å². The molecule has 5 aliphatic heterocycles. The minimum Gasteiger partial charge on any atom is -0.392 e. The van der Waals surface area contributed by atoms with Gasteiger partial charge in [-0.2, -0.15) is 0 Å². The monoisotopic (exact) mass is 355 g/mol. The van der Waals surface area contributed by atoms with Crippen molar-refractivity contribution in [3.63, 3.8) is 0 Å². The van der Waals surface area contributed by atoms with Gasteiger partial charge in [-0.25, -0.2) is 0 Å². The predicted octanol–water partition coefficient (Wildman–Crippen LogP) is 2.09. The number of rotatable bonds is 2. The molecule has 0 amide bonds. The van der Waals surface area contributed by atoms with E-state index < -0.39 is 0 Å². The van der Waals surface area contributed by atoms with E-state index in [1.165, 1.54) is 17.7 Å². The summed E-state index contributed by atoms with van der Waals surface area (Å²) in [6, 6.07) is 9.93. The topological polar surface area (TPSA) is 43.7 Å². The molecular weight excluding hydrogens is 324 g/mol. The zero-order valence-corrected chi connectivity index (χ0v) is 16.0. The second-order valence-corrected chi connectivity index (χ2v) is 9.67. The van der Waals surface area contributed by atoms with Crippen LogP contribution >= 0.6 is 0 Å². The van der Waals surface area contributed by atoms with Crippen molar-refractivity contribution in [2.75, 3.05) is 18.5 Å². The van der Waals surface area contributed by atoms with Gasteiger partial charge in [0.1, 0.15) is 6.04 Å². The minimum atomic E-state index is -0.272. The molecule has 4 nitrogen and oxygen atoms in total. The first-order valence-corrected chi connectivity index (χ1v) is 10.6. The Bertz CT molecular complexity index is 783. The number of fused-ring (bicyclic) bond motifs is 2. The zero-order valence-electron chi connectivity index (χ0n) is 16.0. The minimum absolute atomic E-state index is 0.126. The summed E-state index contributed by atoms with van der Waals surface area (Å²) in [7, 11) is 2.22. The molecule has 5 bridgehead atoms. The molecule has 5 fully saturated rings. The molecule has 140 valence electrons. The first-order valence-electron chi connectivity index (χ1n) is 10.6. The maximum atomic E-state index is 11.8. The number of benzene rings is 1. The molecule has 1 aliphatic carbocycles. The Labute approximate surface area is 156 Å². The number of piperidine rings is 4. The van der Waals surface area contributed by atoms with Crippen LogP contribution in [0.4, 0.5) is 5.69 Å². The van der Waals surface area contributed by atoms with Gasteiger partial charge in [-0.05, 0) is 30.9 Å². The van der Waals surface area contributed by atoms with Crippen LogP contribution in [-0.2, 0) is 5.41 Å². The molecule has 6 aliphatic rings. The number of nitrogens with zero attached hydrogens (tertiary/aromatic N) is 2. The fraction of sp³-hybridized carbons (Fsp3) is 0.727. The summed E-state index contributed by atoms with van der Waals surface area (Å²) in [6.07, 6.45) is 2.71. The molecule has 1 spiro atoms. The van der Waals surface area contributed by atoms with Crippen LogP contribution in [0, 0.1) is 17.8 Å². The van der Waals surface area contributed by atoms with Crippen LogP contribution in [0.3, 0.4) is 0 Å². The van der Waals surface area contributed by atoms with E-state index in [0.29, 0.717) is 35.9 Å². The molecule has 10 atom stereocenters. The van der Waals surface area contributed by atoms with Crippen molar-refractivity contribution in [3.8, 4) is 0 Å². The molecule has 0 radical (unpaired) electrons. The van der Waals surface area contributed by atoms with Crippen molar-refractivity contribution in [1.82, 2.24) is 0 Å². The Morgan fingerprint density at radius 2 is 1.96 bits per heavy atom. The van der Waals surface area contributed by atoms with Gasteiger partial charge in [-0.15, -0.1) is 0 Å². The summed E-state index contributed by atoms with van der Waals surface area (Å²) < 4.78 is 0.849. The summed E-state index contributed by atoms with van der Waals surface area (Å²) in [5.74, 6) is 1.18. The van der Waals surface area contributed by atoms with Crippen LogP contribution in [0.15, 0.2) is 24.3 Å². The van der Waals surface area contributed by atoms with E-state index in [9.17, 15) is 10.2 Å². The number of quaternary nitrogens is 1. The third-order valence-electron chi connectivity index (χ3n) is 9.67. The van der Waals surface area contributed by atoms with Gasteiger partial charge in [-0.1, -0.05) is 25.1 Å². The average molecular weight is 356 g/mol. The van der Waals surface area contributed by atoms with Gasteiger partial charge < -0.3 is 15.1 Å². The molecule has 2 N–H and O–H groups in total. The predicted molar refractivity (Wildman–Crippen MR) is 101 cm³/mol. The first kappa shape index (κ1) is 15.9. The average Bonchev–Trinajstić information content (AvgIpc) is 3.04. The van der Waals surface area contributed by atoms with Crippen molar-refractivity contribution < 1.29 is 14.7 Å². The second-order valence-electron chi connectivity index (χ2n) is 9.67. The third-order valence-corrected chi connectivity index (χ3v) is 9.67. The van der Waals surface area contributed by atoms with Crippen molar-refractivity contribution in [2.45, 2.75) is 69.0 Å². The maximum Gasteiger partial charge on any atom is 0.194 e. The van der Waals surface area contributed by atoms with Crippen LogP contribution in [-0.4, -0.2) is 58.7 Å². The van der Waals surface area contributed by atoms with Gasteiger partial charge >= 0.3 is 0 Å². The van der Waals surface area contributed by atoms with Crippen molar-refractivity contribution in [2.24, 2.45) is 17.8 Å². The van der Waals surface area contributed by atoms with Crippen LogP contribution < -0.4 is 4.90 Å². The number of aliphatic hydroxyl groups excluding tert-OH is 2. The molecule has 0 aromatic heterocycles. The normalized spacial score (nSPS) is 55.3. The fourth-order valence-electron chi connectivity index (χ4n) is 9.03. The van der Waals surface area contributed by atoms with Crippen LogP contribution in [0.2, 0.25) is 0 Å². The molecule has 1 aromatic carbocycles. The van der Waals surface area contributed by atoms with Crippen LogP contribution in [0.1, 0.15) is 38.7 Å². The Kier molecular flexibility index (Phi) is 2.85. The summed E-state index contributed by atoms with van der Waals surface area (Å²) in [4.78, 5) is 2.46. The molecule has 4 saturated heterocycles. The second kappa shape index (κ2) is 4.65. The molecule has 1 aromatic rings. The smallest absolute Gasteiger partial charge is 0.194 e. The third kappa shape index (κ3) is 1.30. The molecule has 1 unspecified atom stereocenters. The lowest BCUT2D eigenvalue weighted by atomic mass is 9.60. The van der Waals surface area contributed by atoms with E-state index in [1.807, 2.05) is 0 Å². The van der Waals surface area contributed by atoms with Gasteiger partial charge in [0.2, 0.25) is 0 Å². The first-order chi connectivity index (χ1) is 12.5. The number of para-hydroxylation sites is 1. The Morgan fingerprint density at radius 3 is 2.69 bits per heavy atom. The molecule has 26 heavy (non-hydrogen) atoms. The highest BCUT2D eigenvalue weighted by molar-refractivity contribution is 5.66. The number of hydrogen-bond acceptors (Lipinski definition) is 3. The molecule has 7 rings (SSSR count). The highest BCUT2D eigenvalue weighted by Crippen LogP contribution is 2.71. The molecule has 4 heteroatoms. The number of anilines is 1. The number of likely N-dealkylation sites (N-methyl/N-ethyl adjacent to an activating group) is 2. The quantitative estimate of drug-likeness (QED) is 0.799. The summed E-state index contributed by atoms with van der Waals surface area (Å²) >= 11 is 0. The van der Waals surface area contributed by atoms with Gasteiger partial charge in [0.25, 0.3) is 0 Å². The largest absolute Gasteiger partial charge is 0.392 e. The Balaban J connectivity index is 1.63. The van der Waals surface area contributed by atoms with Gasteiger partial charge in [0.15, 0.2) is 6.23 Å². The highest BCUT2D eigenvalue weighted by Gasteiger charge is 2.82.